The van der Waals surface area contributed by atoms with Gasteiger partial charge in [0, 0.05) is 12.8 Å². The van der Waals surface area contributed by atoms with Crippen LogP contribution < -0.4 is 5.32 Å². The van der Waals surface area contributed by atoms with Gasteiger partial charge in [0.15, 0.2) is 0 Å². The number of aryl methyl sites for hydroxylation is 1. The SMILES string of the molecule is CCCCCc1nnc(NC(=O)CCC(=O)O)s1. The van der Waals surface area contributed by atoms with E-state index < -0.39 is 5.97 Å². The summed E-state index contributed by atoms with van der Waals surface area (Å²) in [7, 11) is 0. The van der Waals surface area contributed by atoms with E-state index in [9.17, 15) is 9.59 Å². The zero-order valence-corrected chi connectivity index (χ0v) is 11.1. The fourth-order valence-electron chi connectivity index (χ4n) is 1.33. The van der Waals surface area contributed by atoms with Crippen molar-refractivity contribution in [2.24, 2.45) is 0 Å². The first-order chi connectivity index (χ1) is 8.61. The summed E-state index contributed by atoms with van der Waals surface area (Å²) in [5, 5.41) is 20.2. The second-order valence-electron chi connectivity index (χ2n) is 3.90. The third-order valence-electron chi connectivity index (χ3n) is 2.27. The smallest absolute Gasteiger partial charge is 0.303 e. The molecular formula is C11H17N3O3S. The van der Waals surface area contributed by atoms with E-state index in [1.54, 1.807) is 0 Å². The molecule has 0 aliphatic heterocycles. The molecule has 6 nitrogen and oxygen atoms in total. The Kier molecular flexibility index (Phi) is 6.27. The van der Waals surface area contributed by atoms with Crippen LogP contribution in [0, 0.1) is 0 Å². The Hall–Kier alpha value is -1.50. The highest BCUT2D eigenvalue weighted by Crippen LogP contribution is 2.17. The van der Waals surface area contributed by atoms with Gasteiger partial charge >= 0.3 is 5.97 Å². The minimum atomic E-state index is -0.984. The number of aromatic nitrogens is 2. The third-order valence-corrected chi connectivity index (χ3v) is 3.17. The van der Waals surface area contributed by atoms with Crippen LogP contribution in [0.15, 0.2) is 0 Å². The molecule has 0 aliphatic rings. The highest BCUT2D eigenvalue weighted by Gasteiger charge is 2.09. The molecule has 0 aliphatic carbocycles. The van der Waals surface area contributed by atoms with Crippen molar-refractivity contribution in [3.63, 3.8) is 0 Å². The molecule has 0 spiro atoms. The second-order valence-corrected chi connectivity index (χ2v) is 4.96. The molecule has 2 N–H and O–H groups in total. The summed E-state index contributed by atoms with van der Waals surface area (Å²) in [6.45, 7) is 2.13. The highest BCUT2D eigenvalue weighted by molar-refractivity contribution is 7.15. The van der Waals surface area contributed by atoms with E-state index in [2.05, 4.69) is 22.4 Å². The van der Waals surface area contributed by atoms with E-state index in [0.717, 1.165) is 30.7 Å². The molecule has 1 heterocycles. The van der Waals surface area contributed by atoms with Gasteiger partial charge in [0.2, 0.25) is 11.0 Å². The Morgan fingerprint density at radius 2 is 2.06 bits per heavy atom. The minimum Gasteiger partial charge on any atom is -0.481 e. The van der Waals surface area contributed by atoms with Crippen LogP contribution in [-0.4, -0.2) is 27.2 Å². The van der Waals surface area contributed by atoms with E-state index in [1.807, 2.05) is 0 Å². The summed E-state index contributed by atoms with van der Waals surface area (Å²) >= 11 is 1.34. The Bertz CT molecular complexity index is 406. The molecule has 7 heteroatoms. The number of unbranched alkanes of at least 4 members (excludes halogenated alkanes) is 2. The summed E-state index contributed by atoms with van der Waals surface area (Å²) in [5.74, 6) is -1.32. The summed E-state index contributed by atoms with van der Waals surface area (Å²) in [6.07, 6.45) is 4.03. The Morgan fingerprint density at radius 3 is 2.72 bits per heavy atom. The monoisotopic (exact) mass is 271 g/mol. The van der Waals surface area contributed by atoms with Crippen LogP contribution in [0.5, 0.6) is 0 Å². The first kappa shape index (κ1) is 14.6. The molecule has 18 heavy (non-hydrogen) atoms. The third kappa shape index (κ3) is 5.72. The molecule has 0 radical (unpaired) electrons. The number of rotatable bonds is 8. The second kappa shape index (κ2) is 7.75. The average molecular weight is 271 g/mol. The number of nitrogens with one attached hydrogen (secondary N) is 1. The first-order valence-electron chi connectivity index (χ1n) is 5.96. The normalized spacial score (nSPS) is 10.3. The van der Waals surface area contributed by atoms with Gasteiger partial charge in [0.05, 0.1) is 6.42 Å². The molecule has 0 saturated heterocycles. The number of hydrogen-bond acceptors (Lipinski definition) is 5. The molecule has 100 valence electrons. The Morgan fingerprint density at radius 1 is 1.28 bits per heavy atom. The molecule has 1 aromatic rings. The molecule has 0 atom stereocenters. The lowest BCUT2D eigenvalue weighted by molar-refractivity contribution is -0.138. The van der Waals surface area contributed by atoms with Crippen LogP contribution in [0.4, 0.5) is 5.13 Å². The molecular weight excluding hydrogens is 254 g/mol. The quantitative estimate of drug-likeness (QED) is 0.706. The lowest BCUT2D eigenvalue weighted by atomic mass is 10.2. The fraction of sp³-hybridized carbons (Fsp3) is 0.636. The standard InChI is InChI=1S/C11H17N3O3S/c1-2-3-4-5-9-13-14-11(18-9)12-8(15)6-7-10(16)17/h2-7H2,1H3,(H,16,17)(H,12,14,15). The molecule has 0 fully saturated rings. The van der Waals surface area contributed by atoms with Gasteiger partial charge < -0.3 is 10.4 Å². The van der Waals surface area contributed by atoms with Crippen molar-refractivity contribution >= 4 is 28.3 Å². The van der Waals surface area contributed by atoms with Gasteiger partial charge in [-0.3, -0.25) is 9.59 Å². The van der Waals surface area contributed by atoms with Gasteiger partial charge in [-0.15, -0.1) is 10.2 Å². The maximum absolute atomic E-state index is 11.4. The summed E-state index contributed by atoms with van der Waals surface area (Å²) in [5.41, 5.74) is 0. The number of carboxylic acid groups (broad SMARTS) is 1. The summed E-state index contributed by atoms with van der Waals surface area (Å²) < 4.78 is 0. The summed E-state index contributed by atoms with van der Waals surface area (Å²) in [6, 6.07) is 0. The van der Waals surface area contributed by atoms with Gasteiger partial charge in [0.1, 0.15) is 5.01 Å². The number of anilines is 1. The molecule has 1 amide bonds. The van der Waals surface area contributed by atoms with Crippen molar-refractivity contribution in [3.8, 4) is 0 Å². The Labute approximate surface area is 109 Å². The highest BCUT2D eigenvalue weighted by atomic mass is 32.1. The van der Waals surface area contributed by atoms with E-state index in [1.165, 1.54) is 11.3 Å². The number of carbonyl (C=O) groups is 2. The lowest BCUT2D eigenvalue weighted by Crippen LogP contribution is -2.12. The van der Waals surface area contributed by atoms with E-state index in [0.29, 0.717) is 5.13 Å². The van der Waals surface area contributed by atoms with E-state index >= 15 is 0 Å². The number of amides is 1. The van der Waals surface area contributed by atoms with Gasteiger partial charge in [0.25, 0.3) is 0 Å². The predicted molar refractivity (Wildman–Crippen MR) is 68.6 cm³/mol. The number of hydrogen-bond donors (Lipinski definition) is 2. The number of aliphatic carboxylic acids is 1. The maximum atomic E-state index is 11.4. The topological polar surface area (TPSA) is 92.2 Å². The largest absolute Gasteiger partial charge is 0.481 e. The maximum Gasteiger partial charge on any atom is 0.303 e. The van der Waals surface area contributed by atoms with Gasteiger partial charge in [-0.25, -0.2) is 0 Å². The van der Waals surface area contributed by atoms with Crippen LogP contribution >= 0.6 is 11.3 Å². The molecule has 0 unspecified atom stereocenters. The van der Waals surface area contributed by atoms with Crippen molar-refractivity contribution in [1.29, 1.82) is 0 Å². The van der Waals surface area contributed by atoms with Crippen molar-refractivity contribution in [2.45, 2.75) is 45.4 Å². The Balaban J connectivity index is 2.34. The van der Waals surface area contributed by atoms with E-state index in [-0.39, 0.29) is 18.7 Å². The molecule has 1 aromatic heterocycles. The zero-order chi connectivity index (χ0) is 13.4. The molecule has 0 saturated carbocycles. The molecule has 0 aromatic carbocycles. The van der Waals surface area contributed by atoms with Crippen LogP contribution in [0.1, 0.15) is 44.0 Å². The van der Waals surface area contributed by atoms with Gasteiger partial charge in [-0.2, -0.15) is 0 Å². The fourth-order valence-corrected chi connectivity index (χ4v) is 2.13. The van der Waals surface area contributed by atoms with Crippen molar-refractivity contribution in [1.82, 2.24) is 10.2 Å². The van der Waals surface area contributed by atoms with Crippen LogP contribution in [0.2, 0.25) is 0 Å². The van der Waals surface area contributed by atoms with Gasteiger partial charge in [-0.05, 0) is 6.42 Å². The molecule has 0 bridgehead atoms. The van der Waals surface area contributed by atoms with Crippen molar-refractivity contribution < 1.29 is 14.7 Å². The first-order valence-corrected chi connectivity index (χ1v) is 6.77. The van der Waals surface area contributed by atoms with Crippen LogP contribution in [0.3, 0.4) is 0 Å². The minimum absolute atomic E-state index is 0.0416. The zero-order valence-electron chi connectivity index (χ0n) is 10.3. The summed E-state index contributed by atoms with van der Waals surface area (Å²) in [4.78, 5) is 21.7. The van der Waals surface area contributed by atoms with Crippen molar-refractivity contribution in [2.75, 3.05) is 5.32 Å². The molecule has 1 rings (SSSR count). The lowest BCUT2D eigenvalue weighted by Gasteiger charge is -1.97. The van der Waals surface area contributed by atoms with Crippen LogP contribution in [0.25, 0.3) is 0 Å². The van der Waals surface area contributed by atoms with Gasteiger partial charge in [-0.1, -0.05) is 31.1 Å². The predicted octanol–water partition coefficient (Wildman–Crippen LogP) is 2.07. The number of carboxylic acids is 1. The van der Waals surface area contributed by atoms with Crippen molar-refractivity contribution in [3.05, 3.63) is 5.01 Å². The number of nitrogens with zero attached hydrogens (tertiary/aromatic N) is 2. The number of carbonyl (C=O) groups excluding carboxylic acids is 1. The van der Waals surface area contributed by atoms with Crippen LogP contribution in [-0.2, 0) is 16.0 Å². The average Bonchev–Trinajstić information content (AvgIpc) is 2.74. The van der Waals surface area contributed by atoms with E-state index in [4.69, 9.17) is 5.11 Å².